The quantitative estimate of drug-likeness (QED) is 0.539. The van der Waals surface area contributed by atoms with E-state index in [1.807, 2.05) is 0 Å². The van der Waals surface area contributed by atoms with Gasteiger partial charge in [-0.25, -0.2) is 0 Å². The minimum absolute atomic E-state index is 0. The Morgan fingerprint density at radius 1 is 1.33 bits per heavy atom. The summed E-state index contributed by atoms with van der Waals surface area (Å²) in [6, 6.07) is -0.0128. The van der Waals surface area contributed by atoms with Gasteiger partial charge < -0.3 is 10.5 Å². The number of rotatable bonds is 1. The Bertz CT molecular complexity index is 318. The molecule has 2 bridgehead atoms. The molecule has 0 aromatic rings. The number of nitrogens with two attached hydrogens (primary N) is 1. The molecule has 4 rings (SSSR count). The molecule has 4 aliphatic carbocycles. The minimum Gasteiger partial charge on any atom is -0.469 e. The Morgan fingerprint density at radius 2 is 1.93 bits per heavy atom. The molecule has 6 atom stereocenters. The predicted molar refractivity (Wildman–Crippen MR) is 58.4 cm³/mol. The molecule has 2 N–H and O–H groups in total. The Labute approximate surface area is 95.4 Å². The van der Waals surface area contributed by atoms with Gasteiger partial charge in [-0.3, -0.25) is 4.79 Å². The number of fused-ring (bicyclic) bond motifs is 1. The fraction of sp³-hybridized carbons (Fsp3) is 0.727. The van der Waals surface area contributed by atoms with Crippen LogP contribution in [-0.2, 0) is 9.53 Å². The zero-order valence-electron chi connectivity index (χ0n) is 8.63. The van der Waals surface area contributed by atoms with Crippen molar-refractivity contribution in [3.63, 3.8) is 0 Å². The Balaban J connectivity index is 0.000000853. The molecule has 0 aliphatic heterocycles. The maximum absolute atomic E-state index is 11.6. The van der Waals surface area contributed by atoms with Gasteiger partial charge in [0.1, 0.15) is 0 Å². The van der Waals surface area contributed by atoms with Crippen LogP contribution in [0.2, 0.25) is 0 Å². The molecule has 0 aromatic heterocycles. The van der Waals surface area contributed by atoms with E-state index in [-0.39, 0.29) is 30.3 Å². The monoisotopic (exact) mass is 229 g/mol. The van der Waals surface area contributed by atoms with E-state index < -0.39 is 0 Å². The Hall–Kier alpha value is -0.540. The van der Waals surface area contributed by atoms with Crippen LogP contribution in [0.1, 0.15) is 6.42 Å². The number of esters is 1. The molecule has 2 fully saturated rings. The summed E-state index contributed by atoms with van der Waals surface area (Å²) in [5.74, 6) is 2.05. The molecule has 4 aliphatic rings. The number of carbonyl (C=O) groups is 1. The predicted octanol–water partition coefficient (Wildman–Crippen LogP) is 0.977. The second-order valence-electron chi connectivity index (χ2n) is 4.73. The smallest absolute Gasteiger partial charge is 0.310 e. The van der Waals surface area contributed by atoms with E-state index in [1.165, 1.54) is 13.5 Å². The van der Waals surface area contributed by atoms with Gasteiger partial charge in [0.2, 0.25) is 0 Å². The third-order valence-electron chi connectivity index (χ3n) is 4.18. The molecule has 0 radical (unpaired) electrons. The highest BCUT2D eigenvalue weighted by atomic mass is 35.5. The molecular formula is C11H16ClNO2. The first-order chi connectivity index (χ1) is 6.74. The number of allylic oxidation sites excluding steroid dienone is 1. The van der Waals surface area contributed by atoms with Crippen LogP contribution in [0.3, 0.4) is 0 Å². The molecule has 2 saturated carbocycles. The van der Waals surface area contributed by atoms with Crippen molar-refractivity contribution in [1.29, 1.82) is 0 Å². The molecule has 0 unspecified atom stereocenters. The van der Waals surface area contributed by atoms with Crippen LogP contribution in [0.4, 0.5) is 0 Å². The van der Waals surface area contributed by atoms with E-state index in [4.69, 9.17) is 10.5 Å². The van der Waals surface area contributed by atoms with E-state index >= 15 is 0 Å². The van der Waals surface area contributed by atoms with Crippen LogP contribution in [0, 0.1) is 29.6 Å². The first-order valence-corrected chi connectivity index (χ1v) is 5.26. The number of hydrogen-bond acceptors (Lipinski definition) is 3. The highest BCUT2D eigenvalue weighted by Gasteiger charge is 2.60. The fourth-order valence-corrected chi connectivity index (χ4v) is 3.41. The van der Waals surface area contributed by atoms with Gasteiger partial charge in [0, 0.05) is 6.04 Å². The van der Waals surface area contributed by atoms with Gasteiger partial charge in [0.25, 0.3) is 0 Å². The van der Waals surface area contributed by atoms with Gasteiger partial charge in [0.15, 0.2) is 0 Å². The maximum atomic E-state index is 11.6. The highest BCUT2D eigenvalue weighted by Crippen LogP contribution is 2.61. The van der Waals surface area contributed by atoms with Crippen LogP contribution >= 0.6 is 12.4 Å². The summed E-state index contributed by atoms with van der Waals surface area (Å²) in [4.78, 5) is 11.6. The van der Waals surface area contributed by atoms with Crippen molar-refractivity contribution >= 4 is 18.4 Å². The minimum atomic E-state index is -0.123. The number of ether oxygens (including phenoxy) is 1. The molecule has 0 aromatic carbocycles. The summed E-state index contributed by atoms with van der Waals surface area (Å²) in [6.07, 6.45) is 5.65. The van der Waals surface area contributed by atoms with Crippen LogP contribution in [0.25, 0.3) is 0 Å². The summed E-state index contributed by atoms with van der Waals surface area (Å²) < 4.78 is 4.83. The van der Waals surface area contributed by atoms with E-state index in [0.29, 0.717) is 17.8 Å². The van der Waals surface area contributed by atoms with Crippen LogP contribution in [0.15, 0.2) is 12.2 Å². The zero-order valence-corrected chi connectivity index (χ0v) is 9.44. The van der Waals surface area contributed by atoms with Crippen molar-refractivity contribution in [2.75, 3.05) is 7.11 Å². The number of methoxy groups -OCH3 is 1. The molecule has 0 heterocycles. The van der Waals surface area contributed by atoms with Crippen molar-refractivity contribution in [1.82, 2.24) is 0 Å². The molecule has 0 amide bonds. The first-order valence-electron chi connectivity index (χ1n) is 5.26. The van der Waals surface area contributed by atoms with Gasteiger partial charge in [-0.05, 0) is 30.1 Å². The molecule has 84 valence electrons. The third-order valence-corrected chi connectivity index (χ3v) is 4.18. The van der Waals surface area contributed by atoms with Gasteiger partial charge in [-0.15, -0.1) is 12.4 Å². The van der Waals surface area contributed by atoms with E-state index in [2.05, 4.69) is 12.2 Å². The normalized spacial score (nSPS) is 49.2. The van der Waals surface area contributed by atoms with Crippen molar-refractivity contribution in [2.45, 2.75) is 12.5 Å². The molecule has 4 heteroatoms. The lowest BCUT2D eigenvalue weighted by Crippen LogP contribution is -2.51. The summed E-state index contributed by atoms with van der Waals surface area (Å²) in [6.45, 7) is 0. The SMILES string of the molecule is COC(=O)[C@@H]1[C@H](N)[C@@H]2C=C[C@H]1[C@H]1C[C@@H]21.Cl. The maximum Gasteiger partial charge on any atom is 0.310 e. The van der Waals surface area contributed by atoms with Crippen LogP contribution in [-0.4, -0.2) is 19.1 Å². The van der Waals surface area contributed by atoms with Crippen molar-refractivity contribution < 1.29 is 9.53 Å². The molecule has 3 nitrogen and oxygen atoms in total. The topological polar surface area (TPSA) is 52.3 Å². The van der Waals surface area contributed by atoms with Gasteiger partial charge in [-0.2, -0.15) is 0 Å². The van der Waals surface area contributed by atoms with Crippen molar-refractivity contribution in [3.05, 3.63) is 12.2 Å². The van der Waals surface area contributed by atoms with E-state index in [0.717, 1.165) is 5.92 Å². The summed E-state index contributed by atoms with van der Waals surface area (Å²) in [7, 11) is 1.45. The van der Waals surface area contributed by atoms with Gasteiger partial charge in [0.05, 0.1) is 13.0 Å². The van der Waals surface area contributed by atoms with E-state index in [1.54, 1.807) is 0 Å². The number of hydrogen-bond donors (Lipinski definition) is 1. The van der Waals surface area contributed by atoms with Crippen LogP contribution in [0.5, 0.6) is 0 Å². The van der Waals surface area contributed by atoms with Crippen LogP contribution < -0.4 is 5.73 Å². The summed E-state index contributed by atoms with van der Waals surface area (Å²) in [5, 5.41) is 0. The second kappa shape index (κ2) is 3.49. The lowest BCUT2D eigenvalue weighted by atomic mass is 9.66. The molecular weight excluding hydrogens is 214 g/mol. The molecule has 0 saturated heterocycles. The Kier molecular flexibility index (Phi) is 2.55. The number of carbonyl (C=O) groups excluding carboxylic acids is 1. The fourth-order valence-electron chi connectivity index (χ4n) is 3.41. The standard InChI is InChI=1S/C11H15NO2.ClH/c1-14-11(13)9-5-2-3-6(10(9)12)8-4-7(5)8;/h2-3,5-10H,4,12H2,1H3;1H/t5-,6+,7+,8-,9-,10+;/m0./s1. The van der Waals surface area contributed by atoms with Gasteiger partial charge in [-0.1, -0.05) is 12.2 Å². The average Bonchev–Trinajstić information content (AvgIpc) is 2.97. The van der Waals surface area contributed by atoms with Crippen molar-refractivity contribution in [3.8, 4) is 0 Å². The largest absolute Gasteiger partial charge is 0.469 e. The summed E-state index contributed by atoms with van der Waals surface area (Å²) >= 11 is 0. The lowest BCUT2D eigenvalue weighted by Gasteiger charge is -2.41. The second-order valence-corrected chi connectivity index (χ2v) is 4.73. The lowest BCUT2D eigenvalue weighted by molar-refractivity contribution is -0.149. The summed E-state index contributed by atoms with van der Waals surface area (Å²) in [5.41, 5.74) is 6.11. The first kappa shape index (κ1) is 11.0. The third kappa shape index (κ3) is 1.33. The molecule has 15 heavy (non-hydrogen) atoms. The Morgan fingerprint density at radius 3 is 2.60 bits per heavy atom. The van der Waals surface area contributed by atoms with E-state index in [9.17, 15) is 4.79 Å². The highest BCUT2D eigenvalue weighted by molar-refractivity contribution is 5.85. The van der Waals surface area contributed by atoms with Crippen molar-refractivity contribution in [2.24, 2.45) is 35.3 Å². The zero-order chi connectivity index (χ0) is 9.87. The number of halogens is 1. The average molecular weight is 230 g/mol. The van der Waals surface area contributed by atoms with Gasteiger partial charge >= 0.3 is 5.97 Å². The molecule has 0 spiro atoms.